The summed E-state index contributed by atoms with van der Waals surface area (Å²) in [6, 6.07) is 11.0. The number of thiophene rings is 1. The molecule has 2 aliphatic heterocycles. The van der Waals surface area contributed by atoms with E-state index in [1.54, 1.807) is 21.3 Å². The van der Waals surface area contributed by atoms with Crippen molar-refractivity contribution in [3.8, 4) is 0 Å². The molecule has 1 aromatic carbocycles. The van der Waals surface area contributed by atoms with Gasteiger partial charge in [0.25, 0.3) is 10.0 Å². The minimum absolute atomic E-state index is 0.133. The van der Waals surface area contributed by atoms with Crippen LogP contribution in [-0.2, 0) is 16.6 Å². The van der Waals surface area contributed by atoms with Gasteiger partial charge in [0.15, 0.2) is 0 Å². The third-order valence-electron chi connectivity index (χ3n) is 5.47. The van der Waals surface area contributed by atoms with Crippen LogP contribution in [0.3, 0.4) is 0 Å². The summed E-state index contributed by atoms with van der Waals surface area (Å²) in [5.41, 5.74) is 0.990. The molecule has 0 bridgehead atoms. The van der Waals surface area contributed by atoms with Crippen LogP contribution < -0.4 is 10.2 Å². The number of hydrogen-bond donors (Lipinski definition) is 1. The number of rotatable bonds is 5. The number of urea groups is 1. The summed E-state index contributed by atoms with van der Waals surface area (Å²) in [5.74, 6) is 0. The number of halogens is 1. The second-order valence-electron chi connectivity index (χ2n) is 7.42. The molecule has 2 aliphatic rings. The maximum atomic E-state index is 12.6. The molecular weight excluding hydrogens is 444 g/mol. The monoisotopic (exact) mass is 468 g/mol. The molecule has 2 aromatic rings. The van der Waals surface area contributed by atoms with Crippen LogP contribution in [0.1, 0.15) is 17.7 Å². The Labute approximate surface area is 186 Å². The Balaban J connectivity index is 1.29. The molecule has 0 saturated carbocycles. The zero-order valence-corrected chi connectivity index (χ0v) is 19.0. The Morgan fingerprint density at radius 2 is 1.70 bits per heavy atom. The van der Waals surface area contributed by atoms with Crippen molar-refractivity contribution in [3.63, 3.8) is 0 Å². The predicted octanol–water partition coefficient (Wildman–Crippen LogP) is 3.22. The van der Waals surface area contributed by atoms with Crippen molar-refractivity contribution in [3.05, 3.63) is 46.3 Å². The Kier molecular flexibility index (Phi) is 6.52. The number of sulfonamides is 1. The smallest absolute Gasteiger partial charge is 0.317 e. The maximum absolute atomic E-state index is 12.6. The Bertz CT molecular complexity index is 997. The lowest BCUT2D eigenvalue weighted by Gasteiger charge is -2.36. The fourth-order valence-electron chi connectivity index (χ4n) is 3.78. The van der Waals surface area contributed by atoms with E-state index in [9.17, 15) is 13.2 Å². The number of benzene rings is 1. The van der Waals surface area contributed by atoms with Gasteiger partial charge in [-0.25, -0.2) is 13.2 Å². The molecule has 1 aromatic heterocycles. The molecule has 2 saturated heterocycles. The van der Waals surface area contributed by atoms with Crippen LogP contribution in [-0.4, -0.2) is 62.9 Å². The fourth-order valence-corrected chi connectivity index (χ4v) is 7.00. The summed E-state index contributed by atoms with van der Waals surface area (Å²) in [6.45, 7) is 4.15. The molecule has 0 aliphatic carbocycles. The molecular formula is C20H25ClN4O3S2. The first-order chi connectivity index (χ1) is 14.4. The Morgan fingerprint density at radius 1 is 1.00 bits per heavy atom. The van der Waals surface area contributed by atoms with Gasteiger partial charge in [0, 0.05) is 44.1 Å². The van der Waals surface area contributed by atoms with Crippen molar-refractivity contribution < 1.29 is 13.2 Å². The third kappa shape index (κ3) is 4.59. The first kappa shape index (κ1) is 21.4. The quantitative estimate of drug-likeness (QED) is 0.731. The van der Waals surface area contributed by atoms with Gasteiger partial charge < -0.3 is 15.1 Å². The molecule has 162 valence electrons. The van der Waals surface area contributed by atoms with E-state index in [1.807, 2.05) is 24.3 Å². The van der Waals surface area contributed by atoms with Gasteiger partial charge in [-0.1, -0.05) is 23.7 Å². The lowest BCUT2D eigenvalue weighted by molar-refractivity contribution is 0.194. The van der Waals surface area contributed by atoms with Crippen molar-refractivity contribution >= 4 is 44.7 Å². The second-order valence-corrected chi connectivity index (χ2v) is 11.2. The number of anilines is 1. The third-order valence-corrected chi connectivity index (χ3v) is 9.24. The number of nitrogens with one attached hydrogen (secondary N) is 1. The number of carbonyl (C=O) groups excluding carboxylic acids is 1. The van der Waals surface area contributed by atoms with Gasteiger partial charge in [0.05, 0.1) is 17.3 Å². The number of amides is 2. The molecule has 2 fully saturated rings. The van der Waals surface area contributed by atoms with Crippen LogP contribution in [0.15, 0.2) is 40.6 Å². The van der Waals surface area contributed by atoms with Crippen LogP contribution in [0.25, 0.3) is 0 Å². The van der Waals surface area contributed by atoms with Crippen molar-refractivity contribution in [1.82, 2.24) is 14.5 Å². The first-order valence-electron chi connectivity index (χ1n) is 10.1. The zero-order valence-electron chi connectivity index (χ0n) is 16.6. The van der Waals surface area contributed by atoms with Crippen LogP contribution in [0, 0.1) is 0 Å². The highest BCUT2D eigenvalue weighted by atomic mass is 35.5. The molecule has 0 spiro atoms. The van der Waals surface area contributed by atoms with Gasteiger partial charge in [0.2, 0.25) is 0 Å². The summed E-state index contributed by atoms with van der Waals surface area (Å²) < 4.78 is 27.2. The average molecular weight is 469 g/mol. The largest absolute Gasteiger partial charge is 0.367 e. The summed E-state index contributed by atoms with van der Waals surface area (Å²) >= 11 is 7.50. The van der Waals surface area contributed by atoms with Crippen LogP contribution in [0.2, 0.25) is 5.02 Å². The highest BCUT2D eigenvalue weighted by molar-refractivity contribution is 7.91. The topological polar surface area (TPSA) is 73.0 Å². The highest BCUT2D eigenvalue weighted by Crippen LogP contribution is 2.28. The highest BCUT2D eigenvalue weighted by Gasteiger charge is 2.28. The van der Waals surface area contributed by atoms with Gasteiger partial charge in [-0.05, 0) is 37.1 Å². The van der Waals surface area contributed by atoms with Crippen molar-refractivity contribution in [1.29, 1.82) is 0 Å². The maximum Gasteiger partial charge on any atom is 0.317 e. The molecule has 0 radical (unpaired) electrons. The molecule has 1 N–H and O–H groups in total. The standard InChI is InChI=1S/C20H25ClN4O3S2/c21-17-5-1-2-6-18(17)23-11-13-24(14-12-23)20(26)22-15-16-7-8-19(29-16)30(27,28)25-9-3-4-10-25/h1-2,5-8H,3-4,9-15H2,(H,22,26). The minimum Gasteiger partial charge on any atom is -0.367 e. The fraction of sp³-hybridized carbons (Fsp3) is 0.450. The Hall–Kier alpha value is -1.81. The zero-order chi connectivity index (χ0) is 21.1. The van der Waals surface area contributed by atoms with Crippen LogP contribution >= 0.6 is 22.9 Å². The second kappa shape index (κ2) is 9.13. The van der Waals surface area contributed by atoms with Gasteiger partial charge in [-0.2, -0.15) is 4.31 Å². The van der Waals surface area contributed by atoms with Crippen molar-refractivity contribution in [2.24, 2.45) is 0 Å². The molecule has 10 heteroatoms. The van der Waals surface area contributed by atoms with E-state index in [1.165, 1.54) is 11.3 Å². The van der Waals surface area contributed by atoms with E-state index in [4.69, 9.17) is 11.6 Å². The van der Waals surface area contributed by atoms with Gasteiger partial charge in [-0.15, -0.1) is 11.3 Å². The van der Waals surface area contributed by atoms with Gasteiger partial charge in [-0.3, -0.25) is 0 Å². The molecule has 7 nitrogen and oxygen atoms in total. The molecule has 2 amide bonds. The van der Waals surface area contributed by atoms with E-state index < -0.39 is 10.0 Å². The van der Waals surface area contributed by atoms with Gasteiger partial charge in [0.1, 0.15) is 4.21 Å². The summed E-state index contributed by atoms with van der Waals surface area (Å²) in [7, 11) is -3.40. The first-order valence-corrected chi connectivity index (χ1v) is 12.7. The van der Waals surface area contributed by atoms with E-state index in [0.717, 1.165) is 23.4 Å². The Morgan fingerprint density at radius 3 is 2.40 bits per heavy atom. The molecule has 30 heavy (non-hydrogen) atoms. The summed E-state index contributed by atoms with van der Waals surface area (Å²) in [5, 5.41) is 3.63. The minimum atomic E-state index is -3.40. The van der Waals surface area contributed by atoms with E-state index in [-0.39, 0.29) is 6.03 Å². The van der Waals surface area contributed by atoms with E-state index in [0.29, 0.717) is 55.0 Å². The molecule has 3 heterocycles. The molecule has 4 rings (SSSR count). The van der Waals surface area contributed by atoms with Crippen molar-refractivity contribution in [2.45, 2.75) is 23.6 Å². The summed E-state index contributed by atoms with van der Waals surface area (Å²) in [4.78, 5) is 17.3. The lowest BCUT2D eigenvalue weighted by atomic mass is 10.2. The molecule has 0 atom stereocenters. The average Bonchev–Trinajstić information content (AvgIpc) is 3.45. The number of nitrogens with zero attached hydrogens (tertiary/aromatic N) is 3. The van der Waals surface area contributed by atoms with Crippen LogP contribution in [0.5, 0.6) is 0 Å². The van der Waals surface area contributed by atoms with Gasteiger partial charge >= 0.3 is 6.03 Å². The SMILES string of the molecule is O=C(NCc1ccc(S(=O)(=O)N2CCCC2)s1)N1CCN(c2ccccc2Cl)CC1. The predicted molar refractivity (Wildman–Crippen MR) is 120 cm³/mol. The lowest BCUT2D eigenvalue weighted by Crippen LogP contribution is -2.51. The molecule has 0 unspecified atom stereocenters. The normalized spacial score (nSPS) is 18.0. The number of carbonyl (C=O) groups is 1. The number of para-hydroxylation sites is 1. The van der Waals surface area contributed by atoms with Crippen LogP contribution in [0.4, 0.5) is 10.5 Å². The number of hydrogen-bond acceptors (Lipinski definition) is 5. The van der Waals surface area contributed by atoms with E-state index >= 15 is 0 Å². The van der Waals surface area contributed by atoms with E-state index in [2.05, 4.69) is 10.2 Å². The summed E-state index contributed by atoms with van der Waals surface area (Å²) in [6.07, 6.45) is 1.83. The van der Waals surface area contributed by atoms with Crippen molar-refractivity contribution in [2.75, 3.05) is 44.2 Å². The number of piperazine rings is 1.